The number of amides is 5. The fraction of sp³-hybridized carbons (Fsp3) is 0.467. The number of imide groups is 2. The van der Waals surface area contributed by atoms with E-state index < -0.39 is 23.8 Å². The fourth-order valence-electron chi connectivity index (χ4n) is 10.3. The lowest BCUT2D eigenvalue weighted by atomic mass is 9.88. The molecule has 3 aromatic rings. The average molecular weight is 803 g/mol. The zero-order chi connectivity index (χ0) is 40.1. The molecule has 12 nitrogen and oxygen atoms in total. The Bertz CT molecular complexity index is 2180. The quantitative estimate of drug-likeness (QED) is 0.287. The number of rotatable bonds is 8. The number of fused-ring (bicyclic) bond motifs is 2. The lowest BCUT2D eigenvalue weighted by Crippen LogP contribution is -2.54. The molecule has 5 fully saturated rings. The van der Waals surface area contributed by atoms with E-state index in [0.717, 1.165) is 100 Å². The number of likely N-dealkylation sites (tertiary alicyclic amines) is 2. The minimum Gasteiger partial charge on any atom is -0.490 e. The number of carbonyl (C=O) groups excluding carboxylic acids is 5. The number of halogens is 1. The van der Waals surface area contributed by atoms with Gasteiger partial charge in [-0.1, -0.05) is 23.7 Å². The van der Waals surface area contributed by atoms with Crippen molar-refractivity contribution in [1.29, 1.82) is 5.26 Å². The summed E-state index contributed by atoms with van der Waals surface area (Å²) >= 11 is 6.20. The van der Waals surface area contributed by atoms with Crippen molar-refractivity contribution in [2.45, 2.75) is 69.4 Å². The second-order valence-corrected chi connectivity index (χ2v) is 17.4. The molecule has 1 unspecified atom stereocenters. The topological polar surface area (TPSA) is 143 Å². The van der Waals surface area contributed by atoms with Crippen LogP contribution in [0.3, 0.4) is 0 Å². The first-order chi connectivity index (χ1) is 28.1. The van der Waals surface area contributed by atoms with Crippen LogP contribution in [0.15, 0.2) is 60.7 Å². The normalized spacial score (nSPS) is 25.5. The molecule has 6 aliphatic rings. The number of nitriles is 1. The van der Waals surface area contributed by atoms with Crippen LogP contribution in [0.1, 0.15) is 99.5 Å². The first-order valence-electron chi connectivity index (χ1n) is 20.7. The molecular formula is C45H47ClN6O6. The summed E-state index contributed by atoms with van der Waals surface area (Å²) in [5, 5.41) is 11.8. The predicted molar refractivity (Wildman–Crippen MR) is 216 cm³/mol. The van der Waals surface area contributed by atoms with E-state index in [1.165, 1.54) is 5.56 Å². The highest BCUT2D eigenvalue weighted by molar-refractivity contribution is 6.31. The van der Waals surface area contributed by atoms with Gasteiger partial charge in [0.2, 0.25) is 11.8 Å². The number of ether oxygens (including phenoxy) is 1. The highest BCUT2D eigenvalue weighted by atomic mass is 35.5. The van der Waals surface area contributed by atoms with Gasteiger partial charge in [-0.2, -0.15) is 5.26 Å². The largest absolute Gasteiger partial charge is 0.490 e. The van der Waals surface area contributed by atoms with Gasteiger partial charge in [0, 0.05) is 56.5 Å². The molecule has 13 heteroatoms. The maximum atomic E-state index is 13.5. The van der Waals surface area contributed by atoms with Gasteiger partial charge in [-0.3, -0.25) is 34.2 Å². The van der Waals surface area contributed by atoms with Gasteiger partial charge in [-0.05, 0) is 130 Å². The highest BCUT2D eigenvalue weighted by Gasteiger charge is 2.45. The van der Waals surface area contributed by atoms with Crippen LogP contribution in [-0.2, 0) is 9.59 Å². The summed E-state index contributed by atoms with van der Waals surface area (Å²) in [5.74, 6) is 0.764. The summed E-state index contributed by atoms with van der Waals surface area (Å²) in [6.45, 7) is 6.41. The van der Waals surface area contributed by atoms with Gasteiger partial charge < -0.3 is 19.4 Å². The number of carbonyl (C=O) groups is 5. The molecule has 0 radical (unpaired) electrons. The van der Waals surface area contributed by atoms with Crippen molar-refractivity contribution in [3.63, 3.8) is 0 Å². The molecular weight excluding hydrogens is 756 g/mol. The Labute approximate surface area is 343 Å². The minimum absolute atomic E-state index is 0.0872. The van der Waals surface area contributed by atoms with Crippen molar-refractivity contribution in [1.82, 2.24) is 20.0 Å². The third-order valence-corrected chi connectivity index (χ3v) is 13.8. The Balaban J connectivity index is 0.709. The molecule has 58 heavy (non-hydrogen) atoms. The van der Waals surface area contributed by atoms with Gasteiger partial charge in [-0.25, -0.2) is 0 Å². The van der Waals surface area contributed by atoms with Crippen molar-refractivity contribution >= 4 is 46.8 Å². The number of hydrogen-bond donors (Lipinski definition) is 1. The summed E-state index contributed by atoms with van der Waals surface area (Å²) < 4.78 is 6.21. The van der Waals surface area contributed by atoms with Gasteiger partial charge >= 0.3 is 0 Å². The lowest BCUT2D eigenvalue weighted by Gasteiger charge is -2.38. The average Bonchev–Trinajstić information content (AvgIpc) is 3.88. The standard InChI is InChI=1S/C45H47ClN6O6/c46-39-22-35(7-5-31(39)23-47)58-36-19-32-25-51(26-33(32)20-36)43(55)30-3-1-28(2-4-30)29-13-15-49(16-14-29)24-27-11-17-50(18-12-27)34-6-8-37-38(21-34)45(57)52(44(37)56)40-9-10-41(53)48-42(40)54/h1-8,21-22,27,29,32-33,36,40H,9-20,24-26H2,(H,48,53,54)/t32-,33+,36-,40?. The molecule has 1 saturated carbocycles. The van der Waals surface area contributed by atoms with E-state index in [1.807, 2.05) is 23.1 Å². The van der Waals surface area contributed by atoms with Gasteiger partial charge in [-0.15, -0.1) is 0 Å². The molecule has 0 bridgehead atoms. The molecule has 5 heterocycles. The van der Waals surface area contributed by atoms with Crippen LogP contribution in [0, 0.1) is 29.1 Å². The van der Waals surface area contributed by atoms with Crippen LogP contribution in [0.4, 0.5) is 5.69 Å². The third-order valence-electron chi connectivity index (χ3n) is 13.5. The van der Waals surface area contributed by atoms with Crippen molar-refractivity contribution in [3.05, 3.63) is 93.5 Å². The van der Waals surface area contributed by atoms with Crippen LogP contribution >= 0.6 is 11.6 Å². The van der Waals surface area contributed by atoms with E-state index in [-0.39, 0.29) is 30.8 Å². The Morgan fingerprint density at radius 2 is 1.53 bits per heavy atom. The second-order valence-electron chi connectivity index (χ2n) is 17.0. The number of nitrogens with zero attached hydrogens (tertiary/aromatic N) is 5. The number of hydrogen-bond acceptors (Lipinski definition) is 9. The highest BCUT2D eigenvalue weighted by Crippen LogP contribution is 2.41. The molecule has 5 amide bonds. The molecule has 5 aliphatic heterocycles. The summed E-state index contributed by atoms with van der Waals surface area (Å²) in [6.07, 6.45) is 6.41. The van der Waals surface area contributed by atoms with E-state index in [1.54, 1.807) is 30.3 Å². The molecule has 4 saturated heterocycles. The van der Waals surface area contributed by atoms with Crippen LogP contribution in [0.5, 0.6) is 5.75 Å². The summed E-state index contributed by atoms with van der Waals surface area (Å²) in [4.78, 5) is 71.9. The molecule has 0 aromatic heterocycles. The second kappa shape index (κ2) is 15.8. The monoisotopic (exact) mass is 802 g/mol. The summed E-state index contributed by atoms with van der Waals surface area (Å²) in [7, 11) is 0. The smallest absolute Gasteiger partial charge is 0.262 e. The van der Waals surface area contributed by atoms with E-state index in [4.69, 9.17) is 21.6 Å². The summed E-state index contributed by atoms with van der Waals surface area (Å²) in [6, 6.07) is 20.0. The zero-order valence-corrected chi connectivity index (χ0v) is 33.2. The molecule has 0 spiro atoms. The predicted octanol–water partition coefficient (Wildman–Crippen LogP) is 5.64. The first-order valence-corrected chi connectivity index (χ1v) is 21.1. The molecule has 300 valence electrons. The number of anilines is 1. The molecule has 1 aliphatic carbocycles. The number of nitrogens with one attached hydrogen (secondary N) is 1. The summed E-state index contributed by atoms with van der Waals surface area (Å²) in [5.41, 5.74) is 4.03. The van der Waals surface area contributed by atoms with Gasteiger partial charge in [0.15, 0.2) is 0 Å². The molecule has 1 N–H and O–H groups in total. The SMILES string of the molecule is N#Cc1ccc(O[C@@H]2C[C@@H]3CN(C(=O)c4ccc(C5CCN(CC6CCN(c7ccc8c(c7)C(=O)N(C7CCC(=O)NC7=O)C8=O)CC6)CC5)cc4)C[C@@H]3C2)cc1Cl. The Kier molecular flexibility index (Phi) is 10.4. The molecule has 3 aromatic carbocycles. The van der Waals surface area contributed by atoms with Gasteiger partial charge in [0.1, 0.15) is 17.9 Å². The maximum Gasteiger partial charge on any atom is 0.262 e. The molecule has 4 atom stereocenters. The van der Waals surface area contributed by atoms with E-state index in [2.05, 4.69) is 33.3 Å². The van der Waals surface area contributed by atoms with E-state index in [9.17, 15) is 24.0 Å². The Hall–Kier alpha value is -5.25. The minimum atomic E-state index is -0.965. The van der Waals surface area contributed by atoms with Crippen molar-refractivity contribution < 1.29 is 28.7 Å². The molecule has 9 rings (SSSR count). The first kappa shape index (κ1) is 38.3. The van der Waals surface area contributed by atoms with E-state index >= 15 is 0 Å². The van der Waals surface area contributed by atoms with Gasteiger partial charge in [0.25, 0.3) is 17.7 Å². The van der Waals surface area contributed by atoms with Crippen molar-refractivity contribution in [2.24, 2.45) is 17.8 Å². The third kappa shape index (κ3) is 7.46. The van der Waals surface area contributed by atoms with Gasteiger partial charge in [0.05, 0.1) is 27.8 Å². The van der Waals surface area contributed by atoms with Crippen LogP contribution in [0.2, 0.25) is 5.02 Å². The zero-order valence-electron chi connectivity index (χ0n) is 32.4. The maximum absolute atomic E-state index is 13.5. The van der Waals surface area contributed by atoms with Crippen molar-refractivity contribution in [3.8, 4) is 11.8 Å². The lowest BCUT2D eigenvalue weighted by molar-refractivity contribution is -0.136. The van der Waals surface area contributed by atoms with E-state index in [0.29, 0.717) is 51.1 Å². The fourth-order valence-corrected chi connectivity index (χ4v) is 10.5. The van der Waals surface area contributed by atoms with Crippen LogP contribution in [-0.4, -0.2) is 102 Å². The van der Waals surface area contributed by atoms with Crippen LogP contribution in [0.25, 0.3) is 0 Å². The van der Waals surface area contributed by atoms with Crippen molar-refractivity contribution in [2.75, 3.05) is 50.7 Å². The Morgan fingerprint density at radius 3 is 2.21 bits per heavy atom. The Morgan fingerprint density at radius 1 is 0.828 bits per heavy atom. The number of benzene rings is 3. The van der Waals surface area contributed by atoms with Crippen LogP contribution < -0.4 is 15.0 Å². The number of piperidine rings is 3.